The number of hydrogen-bond acceptors (Lipinski definition) is 6. The van der Waals surface area contributed by atoms with Crippen molar-refractivity contribution in [2.24, 2.45) is 0 Å². The molecule has 1 saturated heterocycles. The van der Waals surface area contributed by atoms with Crippen molar-refractivity contribution < 1.29 is 4.52 Å². The number of aromatic nitrogens is 4. The number of piperidine rings is 1. The SMILES string of the molecule is Cc1ncc(CN2CCCC(c3ccc(-c4c(C)noc4C)cn3)C2)cn1. The minimum absolute atomic E-state index is 0.462. The number of hydrogen-bond donors (Lipinski definition) is 0. The summed E-state index contributed by atoms with van der Waals surface area (Å²) in [6, 6.07) is 4.30. The van der Waals surface area contributed by atoms with Crippen LogP contribution in [0.4, 0.5) is 0 Å². The number of likely N-dealkylation sites (tertiary alicyclic amines) is 1. The first kappa shape index (κ1) is 17.8. The van der Waals surface area contributed by atoms with Crippen molar-refractivity contribution in [1.29, 1.82) is 0 Å². The van der Waals surface area contributed by atoms with Gasteiger partial charge in [0.2, 0.25) is 0 Å². The second kappa shape index (κ2) is 7.56. The monoisotopic (exact) mass is 363 g/mol. The molecule has 0 amide bonds. The summed E-state index contributed by atoms with van der Waals surface area (Å²) in [5.74, 6) is 2.12. The van der Waals surface area contributed by atoms with Crippen molar-refractivity contribution in [3.63, 3.8) is 0 Å². The predicted octanol–water partition coefficient (Wildman–Crippen LogP) is 3.83. The van der Waals surface area contributed by atoms with Crippen LogP contribution in [0.25, 0.3) is 11.1 Å². The molecule has 140 valence electrons. The van der Waals surface area contributed by atoms with E-state index < -0.39 is 0 Å². The van der Waals surface area contributed by atoms with Crippen molar-refractivity contribution in [2.75, 3.05) is 13.1 Å². The van der Waals surface area contributed by atoms with Gasteiger partial charge in [0.05, 0.1) is 5.69 Å². The van der Waals surface area contributed by atoms with Crippen molar-refractivity contribution in [2.45, 2.75) is 46.1 Å². The Morgan fingerprint density at radius 3 is 2.56 bits per heavy atom. The van der Waals surface area contributed by atoms with Crippen LogP contribution in [0.5, 0.6) is 0 Å². The summed E-state index contributed by atoms with van der Waals surface area (Å²) in [5.41, 5.74) is 5.36. The van der Waals surface area contributed by atoms with Crippen LogP contribution in [0.15, 0.2) is 35.2 Å². The minimum Gasteiger partial charge on any atom is -0.361 e. The molecule has 6 heteroatoms. The van der Waals surface area contributed by atoms with E-state index in [-0.39, 0.29) is 0 Å². The highest BCUT2D eigenvalue weighted by atomic mass is 16.5. The van der Waals surface area contributed by atoms with Gasteiger partial charge < -0.3 is 4.52 Å². The highest BCUT2D eigenvalue weighted by molar-refractivity contribution is 5.66. The van der Waals surface area contributed by atoms with Crippen LogP contribution in [0.2, 0.25) is 0 Å². The van der Waals surface area contributed by atoms with Gasteiger partial charge in [-0.25, -0.2) is 9.97 Å². The molecule has 1 aliphatic heterocycles. The quantitative estimate of drug-likeness (QED) is 0.702. The highest BCUT2D eigenvalue weighted by Crippen LogP contribution is 2.30. The van der Waals surface area contributed by atoms with Gasteiger partial charge in [-0.15, -0.1) is 0 Å². The molecule has 0 saturated carbocycles. The third kappa shape index (κ3) is 3.90. The Balaban J connectivity index is 1.46. The van der Waals surface area contributed by atoms with Crippen LogP contribution in [-0.4, -0.2) is 38.1 Å². The lowest BCUT2D eigenvalue weighted by molar-refractivity contribution is 0.198. The standard InChI is InChI=1S/C21H25N5O/c1-14-21(15(2)27-25-14)18-6-7-20(24-11-18)19-5-4-8-26(13-19)12-17-9-22-16(3)23-10-17/h6-7,9-11,19H,4-5,8,12-13H2,1-3H3. The molecule has 0 radical (unpaired) electrons. The largest absolute Gasteiger partial charge is 0.361 e. The minimum atomic E-state index is 0.462. The molecule has 1 fully saturated rings. The van der Waals surface area contributed by atoms with E-state index in [9.17, 15) is 0 Å². The highest BCUT2D eigenvalue weighted by Gasteiger charge is 2.23. The zero-order valence-corrected chi connectivity index (χ0v) is 16.1. The maximum atomic E-state index is 5.28. The molecule has 3 aromatic rings. The lowest BCUT2D eigenvalue weighted by atomic mass is 9.93. The fraction of sp³-hybridized carbons (Fsp3) is 0.429. The molecule has 4 heterocycles. The average Bonchev–Trinajstić information content (AvgIpc) is 3.02. The predicted molar refractivity (Wildman–Crippen MR) is 103 cm³/mol. The van der Waals surface area contributed by atoms with E-state index in [4.69, 9.17) is 9.51 Å². The van der Waals surface area contributed by atoms with Gasteiger partial charge >= 0.3 is 0 Å². The molecule has 1 unspecified atom stereocenters. The molecule has 27 heavy (non-hydrogen) atoms. The second-order valence-corrected chi connectivity index (χ2v) is 7.38. The van der Waals surface area contributed by atoms with E-state index in [1.165, 1.54) is 18.4 Å². The molecule has 0 spiro atoms. The molecule has 0 bridgehead atoms. The Morgan fingerprint density at radius 2 is 1.89 bits per heavy atom. The second-order valence-electron chi connectivity index (χ2n) is 7.38. The third-order valence-electron chi connectivity index (χ3n) is 5.27. The summed E-state index contributed by atoms with van der Waals surface area (Å²) >= 11 is 0. The molecule has 0 aliphatic carbocycles. The lowest BCUT2D eigenvalue weighted by Crippen LogP contribution is -2.34. The normalized spacial score (nSPS) is 18.0. The first-order valence-corrected chi connectivity index (χ1v) is 9.49. The van der Waals surface area contributed by atoms with Crippen LogP contribution in [0, 0.1) is 20.8 Å². The summed E-state index contributed by atoms with van der Waals surface area (Å²) in [5, 5.41) is 4.04. The average molecular weight is 363 g/mol. The van der Waals surface area contributed by atoms with Crippen LogP contribution in [0.1, 0.15) is 47.3 Å². The first-order chi connectivity index (χ1) is 13.1. The maximum absolute atomic E-state index is 5.28. The van der Waals surface area contributed by atoms with E-state index in [0.717, 1.165) is 53.7 Å². The summed E-state index contributed by atoms with van der Waals surface area (Å²) < 4.78 is 5.28. The molecule has 6 nitrogen and oxygen atoms in total. The zero-order valence-electron chi connectivity index (χ0n) is 16.1. The summed E-state index contributed by atoms with van der Waals surface area (Å²) in [7, 11) is 0. The summed E-state index contributed by atoms with van der Waals surface area (Å²) in [6.45, 7) is 8.85. The van der Waals surface area contributed by atoms with E-state index in [0.29, 0.717) is 5.92 Å². The Kier molecular flexibility index (Phi) is 4.99. The van der Waals surface area contributed by atoms with E-state index >= 15 is 0 Å². The van der Waals surface area contributed by atoms with Crippen LogP contribution >= 0.6 is 0 Å². The Morgan fingerprint density at radius 1 is 1.07 bits per heavy atom. The van der Waals surface area contributed by atoms with Crippen LogP contribution < -0.4 is 0 Å². The molecule has 1 aliphatic rings. The van der Waals surface area contributed by atoms with Gasteiger partial charge in [0.15, 0.2) is 0 Å². The Bertz CT molecular complexity index is 882. The molecule has 1 atom stereocenters. The number of rotatable bonds is 4. The van der Waals surface area contributed by atoms with Crippen molar-refractivity contribution in [1.82, 2.24) is 25.0 Å². The molecular formula is C21H25N5O. The Hall–Kier alpha value is -2.60. The van der Waals surface area contributed by atoms with Gasteiger partial charge in [-0.2, -0.15) is 0 Å². The molecule has 0 aromatic carbocycles. The molecule has 4 rings (SSSR count). The number of nitrogens with zero attached hydrogens (tertiary/aromatic N) is 5. The topological polar surface area (TPSA) is 67.9 Å². The van der Waals surface area contributed by atoms with Gasteiger partial charge in [-0.3, -0.25) is 9.88 Å². The number of aryl methyl sites for hydroxylation is 3. The van der Waals surface area contributed by atoms with Gasteiger partial charge in [-0.05, 0) is 46.2 Å². The van der Waals surface area contributed by atoms with Crippen LogP contribution in [-0.2, 0) is 6.54 Å². The van der Waals surface area contributed by atoms with Crippen molar-refractivity contribution >= 4 is 0 Å². The van der Waals surface area contributed by atoms with Gasteiger partial charge in [-0.1, -0.05) is 11.2 Å². The van der Waals surface area contributed by atoms with Crippen molar-refractivity contribution in [3.8, 4) is 11.1 Å². The lowest BCUT2D eigenvalue weighted by Gasteiger charge is -2.32. The van der Waals surface area contributed by atoms with E-state index in [2.05, 4.69) is 32.2 Å². The smallest absolute Gasteiger partial charge is 0.141 e. The van der Waals surface area contributed by atoms with Crippen LogP contribution in [0.3, 0.4) is 0 Å². The fourth-order valence-electron chi connectivity index (χ4n) is 3.89. The van der Waals surface area contributed by atoms with E-state index in [1.807, 2.05) is 39.4 Å². The van der Waals surface area contributed by atoms with E-state index in [1.54, 1.807) is 0 Å². The van der Waals surface area contributed by atoms with Gasteiger partial charge in [0.25, 0.3) is 0 Å². The first-order valence-electron chi connectivity index (χ1n) is 9.49. The molecular weight excluding hydrogens is 338 g/mol. The zero-order chi connectivity index (χ0) is 18.8. The maximum Gasteiger partial charge on any atom is 0.141 e. The molecule has 0 N–H and O–H groups in total. The van der Waals surface area contributed by atoms with Crippen molar-refractivity contribution in [3.05, 3.63) is 59.3 Å². The Labute approximate surface area is 159 Å². The van der Waals surface area contributed by atoms with Gasteiger partial charge in [0.1, 0.15) is 11.6 Å². The molecule has 3 aromatic heterocycles. The number of pyridine rings is 1. The summed E-state index contributed by atoms with van der Waals surface area (Å²) in [6.07, 6.45) is 8.18. The third-order valence-corrected chi connectivity index (χ3v) is 5.27. The summed E-state index contributed by atoms with van der Waals surface area (Å²) in [4.78, 5) is 15.9. The van der Waals surface area contributed by atoms with Gasteiger partial charge in [0, 0.05) is 60.0 Å². The fourth-order valence-corrected chi connectivity index (χ4v) is 3.89.